The molecule has 0 saturated carbocycles. The zero-order chi connectivity index (χ0) is 22.9. The molecule has 6 nitrogen and oxygen atoms in total. The van der Waals surface area contributed by atoms with Gasteiger partial charge in [-0.05, 0) is 40.6 Å². The first-order chi connectivity index (χ1) is 16.1. The van der Waals surface area contributed by atoms with Crippen LogP contribution in [0.4, 0.5) is 0 Å². The average molecular weight is 457 g/mol. The van der Waals surface area contributed by atoms with Gasteiger partial charge in [-0.1, -0.05) is 36.4 Å². The standard InChI is InChI=1S/C26H20N2O4S/c1-31-22-10-9-19(12-23(22)32-2)21(29)13-28-15-27-25-24(26(28)30)20(14-33-25)18-8-7-16-5-3-4-6-17(16)11-18/h3-12,14-15H,13H2,1-2H3. The Bertz CT molecular complexity index is 1570. The van der Waals surface area contributed by atoms with Crippen LogP contribution < -0.4 is 15.0 Å². The molecular weight excluding hydrogens is 436 g/mol. The summed E-state index contributed by atoms with van der Waals surface area (Å²) in [4.78, 5) is 31.4. The van der Waals surface area contributed by atoms with Crippen LogP contribution >= 0.6 is 11.3 Å². The Morgan fingerprint density at radius 1 is 0.970 bits per heavy atom. The molecule has 0 atom stereocenters. The highest BCUT2D eigenvalue weighted by Gasteiger charge is 2.17. The fourth-order valence-corrected chi connectivity index (χ4v) is 4.81. The molecule has 0 aliphatic rings. The molecule has 2 aromatic heterocycles. The van der Waals surface area contributed by atoms with E-state index in [9.17, 15) is 9.59 Å². The van der Waals surface area contributed by atoms with Crippen LogP contribution in [-0.2, 0) is 6.54 Å². The number of rotatable bonds is 6. The second kappa shape index (κ2) is 8.52. The molecule has 0 aliphatic heterocycles. The van der Waals surface area contributed by atoms with Gasteiger partial charge in [0, 0.05) is 16.5 Å². The lowest BCUT2D eigenvalue weighted by Crippen LogP contribution is -2.24. The number of fused-ring (bicyclic) bond motifs is 2. The lowest BCUT2D eigenvalue weighted by atomic mass is 10.0. The van der Waals surface area contributed by atoms with Gasteiger partial charge in [-0.3, -0.25) is 14.2 Å². The number of nitrogens with zero attached hydrogens (tertiary/aromatic N) is 2. The van der Waals surface area contributed by atoms with E-state index in [4.69, 9.17) is 9.47 Å². The smallest absolute Gasteiger partial charge is 0.263 e. The highest BCUT2D eigenvalue weighted by atomic mass is 32.1. The SMILES string of the molecule is COc1ccc(C(=O)Cn2cnc3scc(-c4ccc5ccccc5c4)c3c2=O)cc1OC. The van der Waals surface area contributed by atoms with Gasteiger partial charge < -0.3 is 9.47 Å². The largest absolute Gasteiger partial charge is 0.493 e. The van der Waals surface area contributed by atoms with Crippen LogP contribution in [0, 0.1) is 0 Å². The summed E-state index contributed by atoms with van der Waals surface area (Å²) < 4.78 is 11.9. The third kappa shape index (κ3) is 3.76. The maximum Gasteiger partial charge on any atom is 0.263 e. The summed E-state index contributed by atoms with van der Waals surface area (Å²) in [5.74, 6) is 0.773. The Morgan fingerprint density at radius 2 is 1.76 bits per heavy atom. The third-order valence-electron chi connectivity index (χ3n) is 5.64. The van der Waals surface area contributed by atoms with E-state index >= 15 is 0 Å². The predicted molar refractivity (Wildman–Crippen MR) is 131 cm³/mol. The minimum atomic E-state index is -0.238. The van der Waals surface area contributed by atoms with Gasteiger partial charge in [-0.15, -0.1) is 11.3 Å². The minimum absolute atomic E-state index is 0.121. The van der Waals surface area contributed by atoms with Crippen molar-refractivity contribution in [3.05, 3.63) is 88.3 Å². The number of benzene rings is 3. The topological polar surface area (TPSA) is 70.4 Å². The van der Waals surface area contributed by atoms with Crippen molar-refractivity contribution in [3.63, 3.8) is 0 Å². The van der Waals surface area contributed by atoms with E-state index in [1.54, 1.807) is 18.2 Å². The van der Waals surface area contributed by atoms with Crippen molar-refractivity contribution >= 4 is 38.1 Å². The van der Waals surface area contributed by atoms with E-state index in [1.165, 1.54) is 36.5 Å². The summed E-state index contributed by atoms with van der Waals surface area (Å²) in [6.45, 7) is -0.121. The van der Waals surface area contributed by atoms with Gasteiger partial charge in [-0.2, -0.15) is 0 Å². The lowest BCUT2D eigenvalue weighted by molar-refractivity contribution is 0.0970. The fourth-order valence-electron chi connectivity index (χ4n) is 3.91. The molecule has 0 fully saturated rings. The number of thiophene rings is 1. The molecule has 0 unspecified atom stereocenters. The van der Waals surface area contributed by atoms with Crippen molar-refractivity contribution < 1.29 is 14.3 Å². The van der Waals surface area contributed by atoms with Crippen LogP contribution in [-0.4, -0.2) is 29.6 Å². The monoisotopic (exact) mass is 456 g/mol. The van der Waals surface area contributed by atoms with Crippen LogP contribution in [0.3, 0.4) is 0 Å². The van der Waals surface area contributed by atoms with Crippen LogP contribution in [0.25, 0.3) is 32.1 Å². The molecule has 0 spiro atoms. The molecule has 2 heterocycles. The Balaban J connectivity index is 1.53. The van der Waals surface area contributed by atoms with E-state index in [-0.39, 0.29) is 17.9 Å². The number of Topliss-reactive ketones (excluding diaryl/α,β-unsaturated/α-hetero) is 1. The van der Waals surface area contributed by atoms with Gasteiger partial charge in [0.2, 0.25) is 0 Å². The van der Waals surface area contributed by atoms with Gasteiger partial charge in [0.15, 0.2) is 17.3 Å². The molecule has 0 radical (unpaired) electrons. The summed E-state index contributed by atoms with van der Waals surface area (Å²) >= 11 is 1.42. The maximum absolute atomic E-state index is 13.4. The summed E-state index contributed by atoms with van der Waals surface area (Å²) in [5.41, 5.74) is 1.96. The van der Waals surface area contributed by atoms with Crippen LogP contribution in [0.5, 0.6) is 11.5 Å². The van der Waals surface area contributed by atoms with E-state index in [0.29, 0.717) is 27.3 Å². The third-order valence-corrected chi connectivity index (χ3v) is 6.53. The molecule has 164 valence electrons. The number of methoxy groups -OCH3 is 2. The number of carbonyl (C=O) groups excluding carboxylic acids is 1. The van der Waals surface area contributed by atoms with Gasteiger partial charge in [0.05, 0.1) is 32.5 Å². The van der Waals surface area contributed by atoms with Crippen LogP contribution in [0.2, 0.25) is 0 Å². The van der Waals surface area contributed by atoms with E-state index in [0.717, 1.165) is 21.9 Å². The Kier molecular flexibility index (Phi) is 5.40. The Morgan fingerprint density at radius 3 is 2.55 bits per heavy atom. The van der Waals surface area contributed by atoms with Crippen molar-refractivity contribution in [1.29, 1.82) is 0 Å². The number of hydrogen-bond donors (Lipinski definition) is 0. The van der Waals surface area contributed by atoms with Gasteiger partial charge in [0.1, 0.15) is 4.83 Å². The highest BCUT2D eigenvalue weighted by molar-refractivity contribution is 7.17. The van der Waals surface area contributed by atoms with Crippen molar-refractivity contribution in [1.82, 2.24) is 9.55 Å². The average Bonchev–Trinajstić information content (AvgIpc) is 3.30. The van der Waals surface area contributed by atoms with Crippen molar-refractivity contribution in [2.45, 2.75) is 6.54 Å². The Labute approximate surface area is 193 Å². The van der Waals surface area contributed by atoms with Gasteiger partial charge >= 0.3 is 0 Å². The molecule has 7 heteroatoms. The predicted octanol–water partition coefficient (Wildman–Crippen LogP) is 5.18. The molecule has 0 bridgehead atoms. The number of ketones is 1. The van der Waals surface area contributed by atoms with E-state index < -0.39 is 0 Å². The fraction of sp³-hybridized carbons (Fsp3) is 0.115. The van der Waals surface area contributed by atoms with E-state index in [1.807, 2.05) is 35.7 Å². The van der Waals surface area contributed by atoms with Gasteiger partial charge in [-0.25, -0.2) is 4.98 Å². The maximum atomic E-state index is 13.4. The molecule has 0 saturated heterocycles. The molecule has 0 amide bonds. The number of ether oxygens (including phenoxy) is 2. The van der Waals surface area contributed by atoms with Crippen molar-refractivity contribution in [3.8, 4) is 22.6 Å². The van der Waals surface area contributed by atoms with Crippen molar-refractivity contribution in [2.24, 2.45) is 0 Å². The molecule has 3 aromatic carbocycles. The normalized spacial score (nSPS) is 11.1. The number of carbonyl (C=O) groups is 1. The molecule has 5 rings (SSSR count). The van der Waals surface area contributed by atoms with Crippen LogP contribution in [0.15, 0.2) is 77.2 Å². The van der Waals surface area contributed by atoms with E-state index in [2.05, 4.69) is 17.1 Å². The quantitative estimate of drug-likeness (QED) is 0.329. The summed E-state index contributed by atoms with van der Waals surface area (Å²) in [5, 5.41) is 4.71. The molecule has 0 aliphatic carbocycles. The second-order valence-corrected chi connectivity index (χ2v) is 8.42. The molecule has 0 N–H and O–H groups in total. The molecular formula is C26H20N2O4S. The Hall–Kier alpha value is -3.97. The molecule has 33 heavy (non-hydrogen) atoms. The zero-order valence-electron chi connectivity index (χ0n) is 18.1. The first-order valence-electron chi connectivity index (χ1n) is 10.3. The number of aromatic nitrogens is 2. The molecule has 5 aromatic rings. The highest BCUT2D eigenvalue weighted by Crippen LogP contribution is 2.32. The first-order valence-corrected chi connectivity index (χ1v) is 11.2. The van der Waals surface area contributed by atoms with Crippen molar-refractivity contribution in [2.75, 3.05) is 14.2 Å². The van der Waals surface area contributed by atoms with Crippen LogP contribution in [0.1, 0.15) is 10.4 Å². The lowest BCUT2D eigenvalue weighted by Gasteiger charge is -2.10. The minimum Gasteiger partial charge on any atom is -0.493 e. The number of hydrogen-bond acceptors (Lipinski definition) is 6. The van der Waals surface area contributed by atoms with Gasteiger partial charge in [0.25, 0.3) is 5.56 Å². The first kappa shape index (κ1) is 20.9. The summed E-state index contributed by atoms with van der Waals surface area (Å²) in [6, 6.07) is 19.2. The zero-order valence-corrected chi connectivity index (χ0v) is 18.9. The second-order valence-electron chi connectivity index (χ2n) is 7.56. The summed E-state index contributed by atoms with van der Waals surface area (Å²) in [7, 11) is 3.05. The summed E-state index contributed by atoms with van der Waals surface area (Å²) in [6.07, 6.45) is 1.43.